The molecule has 1 aromatic rings. The van der Waals surface area contributed by atoms with Crippen LogP contribution in [0.25, 0.3) is 0 Å². The molecule has 0 saturated heterocycles. The molecule has 2 N–H and O–H groups in total. The SMILES string of the molecule is C#CCNC(=O)C(C)Nc1cccc2c1CCCC2. The number of carbonyl (C=O) groups excluding carboxylic acids is 1. The number of benzene rings is 1. The number of anilines is 1. The molecular weight excluding hydrogens is 236 g/mol. The van der Waals surface area contributed by atoms with Crippen molar-refractivity contribution in [2.75, 3.05) is 11.9 Å². The number of fused-ring (bicyclic) bond motifs is 1. The maximum Gasteiger partial charge on any atom is 0.242 e. The minimum Gasteiger partial charge on any atom is -0.374 e. The molecule has 1 unspecified atom stereocenters. The van der Waals surface area contributed by atoms with Crippen LogP contribution in [0.5, 0.6) is 0 Å². The molecule has 3 nitrogen and oxygen atoms in total. The molecule has 1 aliphatic carbocycles. The van der Waals surface area contributed by atoms with E-state index in [0.29, 0.717) is 0 Å². The lowest BCUT2D eigenvalue weighted by Gasteiger charge is -2.22. The highest BCUT2D eigenvalue weighted by molar-refractivity contribution is 5.84. The summed E-state index contributed by atoms with van der Waals surface area (Å²) < 4.78 is 0. The van der Waals surface area contributed by atoms with Crippen LogP contribution < -0.4 is 10.6 Å². The predicted molar refractivity (Wildman–Crippen MR) is 78.0 cm³/mol. The first-order valence-electron chi connectivity index (χ1n) is 6.81. The Kier molecular flexibility index (Phi) is 4.46. The Morgan fingerprint density at radius 2 is 2.21 bits per heavy atom. The van der Waals surface area contributed by atoms with Crippen LogP contribution >= 0.6 is 0 Å². The van der Waals surface area contributed by atoms with Crippen LogP contribution in [0.4, 0.5) is 5.69 Å². The molecule has 0 aliphatic heterocycles. The second-order valence-electron chi connectivity index (χ2n) is 4.94. The van der Waals surface area contributed by atoms with Crippen molar-refractivity contribution in [3.63, 3.8) is 0 Å². The molecule has 0 radical (unpaired) electrons. The van der Waals surface area contributed by atoms with Gasteiger partial charge in [-0.1, -0.05) is 18.1 Å². The van der Waals surface area contributed by atoms with E-state index in [1.165, 1.54) is 24.0 Å². The highest BCUT2D eigenvalue weighted by Crippen LogP contribution is 2.28. The number of nitrogens with one attached hydrogen (secondary N) is 2. The number of aryl methyl sites for hydroxylation is 1. The third-order valence-electron chi connectivity index (χ3n) is 3.53. The second-order valence-corrected chi connectivity index (χ2v) is 4.94. The fourth-order valence-corrected chi connectivity index (χ4v) is 2.51. The van der Waals surface area contributed by atoms with Gasteiger partial charge in [0.15, 0.2) is 0 Å². The van der Waals surface area contributed by atoms with E-state index in [2.05, 4.69) is 34.8 Å². The third kappa shape index (κ3) is 3.29. The van der Waals surface area contributed by atoms with E-state index in [4.69, 9.17) is 6.42 Å². The lowest BCUT2D eigenvalue weighted by Crippen LogP contribution is -2.38. The van der Waals surface area contributed by atoms with Gasteiger partial charge in [0.25, 0.3) is 0 Å². The van der Waals surface area contributed by atoms with Crippen molar-refractivity contribution in [2.45, 2.75) is 38.6 Å². The quantitative estimate of drug-likeness (QED) is 0.810. The normalized spacial score (nSPS) is 14.9. The van der Waals surface area contributed by atoms with Gasteiger partial charge in [-0.2, -0.15) is 0 Å². The van der Waals surface area contributed by atoms with E-state index in [0.717, 1.165) is 18.5 Å². The van der Waals surface area contributed by atoms with Gasteiger partial charge >= 0.3 is 0 Å². The summed E-state index contributed by atoms with van der Waals surface area (Å²) in [5.41, 5.74) is 3.86. The molecule has 1 aliphatic rings. The fraction of sp³-hybridized carbons (Fsp3) is 0.438. The van der Waals surface area contributed by atoms with E-state index in [-0.39, 0.29) is 18.5 Å². The standard InChI is InChI=1S/C16H20N2O/c1-3-11-17-16(19)12(2)18-15-10-6-8-13-7-4-5-9-14(13)15/h1,6,8,10,12,18H,4-5,7,9,11H2,2H3,(H,17,19). The first-order valence-corrected chi connectivity index (χ1v) is 6.81. The van der Waals surface area contributed by atoms with Gasteiger partial charge < -0.3 is 10.6 Å². The summed E-state index contributed by atoms with van der Waals surface area (Å²) in [4.78, 5) is 11.8. The average molecular weight is 256 g/mol. The number of terminal acetylenes is 1. The first-order chi connectivity index (χ1) is 9.22. The molecule has 19 heavy (non-hydrogen) atoms. The largest absolute Gasteiger partial charge is 0.374 e. The van der Waals surface area contributed by atoms with Crippen LogP contribution in [0.15, 0.2) is 18.2 Å². The zero-order valence-electron chi connectivity index (χ0n) is 11.3. The molecule has 1 aromatic carbocycles. The summed E-state index contributed by atoms with van der Waals surface area (Å²) >= 11 is 0. The Morgan fingerprint density at radius 1 is 1.42 bits per heavy atom. The van der Waals surface area contributed by atoms with Crippen molar-refractivity contribution in [1.82, 2.24) is 5.32 Å². The zero-order chi connectivity index (χ0) is 13.7. The summed E-state index contributed by atoms with van der Waals surface area (Å²) in [5.74, 6) is 2.34. The van der Waals surface area contributed by atoms with Crippen LogP contribution in [-0.2, 0) is 17.6 Å². The summed E-state index contributed by atoms with van der Waals surface area (Å²) in [6, 6.07) is 6.01. The van der Waals surface area contributed by atoms with Crippen molar-refractivity contribution < 1.29 is 4.79 Å². The molecule has 0 spiro atoms. The maximum absolute atomic E-state index is 11.8. The number of hydrogen-bond donors (Lipinski definition) is 2. The van der Waals surface area contributed by atoms with Gasteiger partial charge in [0.1, 0.15) is 6.04 Å². The highest BCUT2D eigenvalue weighted by Gasteiger charge is 2.16. The van der Waals surface area contributed by atoms with Crippen LogP contribution in [0.2, 0.25) is 0 Å². The van der Waals surface area contributed by atoms with Gasteiger partial charge in [0.05, 0.1) is 6.54 Å². The summed E-state index contributed by atoms with van der Waals surface area (Å²) in [5, 5.41) is 5.99. The fourth-order valence-electron chi connectivity index (χ4n) is 2.51. The Morgan fingerprint density at radius 3 is 3.00 bits per heavy atom. The summed E-state index contributed by atoms with van der Waals surface area (Å²) in [6.07, 6.45) is 9.86. The Balaban J connectivity index is 2.07. The van der Waals surface area contributed by atoms with E-state index in [1.54, 1.807) is 0 Å². The Labute approximate surface area is 114 Å². The summed E-state index contributed by atoms with van der Waals surface area (Å²) in [6.45, 7) is 2.13. The highest BCUT2D eigenvalue weighted by atomic mass is 16.2. The topological polar surface area (TPSA) is 41.1 Å². The van der Waals surface area contributed by atoms with E-state index in [9.17, 15) is 4.79 Å². The smallest absolute Gasteiger partial charge is 0.242 e. The number of carbonyl (C=O) groups is 1. The number of hydrogen-bond acceptors (Lipinski definition) is 2. The van der Waals surface area contributed by atoms with E-state index >= 15 is 0 Å². The number of amides is 1. The molecule has 2 rings (SSSR count). The lowest BCUT2D eigenvalue weighted by molar-refractivity contribution is -0.121. The van der Waals surface area contributed by atoms with Crippen molar-refractivity contribution in [3.05, 3.63) is 29.3 Å². The van der Waals surface area contributed by atoms with E-state index < -0.39 is 0 Å². The van der Waals surface area contributed by atoms with Gasteiger partial charge in [-0.15, -0.1) is 6.42 Å². The van der Waals surface area contributed by atoms with Gasteiger partial charge in [-0.25, -0.2) is 0 Å². The minimum atomic E-state index is -0.276. The average Bonchev–Trinajstić information content (AvgIpc) is 2.45. The molecule has 100 valence electrons. The predicted octanol–water partition coefficient (Wildman–Crippen LogP) is 2.12. The van der Waals surface area contributed by atoms with Gasteiger partial charge in [-0.3, -0.25) is 4.79 Å². The van der Waals surface area contributed by atoms with Crippen molar-refractivity contribution in [2.24, 2.45) is 0 Å². The third-order valence-corrected chi connectivity index (χ3v) is 3.53. The molecule has 0 aromatic heterocycles. The number of rotatable bonds is 4. The van der Waals surface area contributed by atoms with Crippen molar-refractivity contribution >= 4 is 11.6 Å². The molecule has 0 heterocycles. The van der Waals surface area contributed by atoms with Gasteiger partial charge in [-0.05, 0) is 49.8 Å². The molecule has 0 saturated carbocycles. The Bertz CT molecular complexity index is 502. The first kappa shape index (κ1) is 13.5. The van der Waals surface area contributed by atoms with Gasteiger partial charge in [0, 0.05) is 5.69 Å². The zero-order valence-corrected chi connectivity index (χ0v) is 11.3. The van der Waals surface area contributed by atoms with E-state index in [1.807, 2.05) is 6.92 Å². The lowest BCUT2D eigenvalue weighted by atomic mass is 9.90. The molecule has 0 fully saturated rings. The van der Waals surface area contributed by atoms with Crippen LogP contribution in [-0.4, -0.2) is 18.5 Å². The molecule has 1 atom stereocenters. The molecule has 1 amide bonds. The van der Waals surface area contributed by atoms with Crippen LogP contribution in [0.1, 0.15) is 30.9 Å². The van der Waals surface area contributed by atoms with Crippen LogP contribution in [0, 0.1) is 12.3 Å². The summed E-state index contributed by atoms with van der Waals surface area (Å²) in [7, 11) is 0. The van der Waals surface area contributed by atoms with Crippen molar-refractivity contribution in [3.8, 4) is 12.3 Å². The minimum absolute atomic E-state index is 0.0636. The Hall–Kier alpha value is -1.95. The molecular formula is C16H20N2O. The second kappa shape index (κ2) is 6.29. The van der Waals surface area contributed by atoms with Gasteiger partial charge in [0.2, 0.25) is 5.91 Å². The molecule has 0 bridgehead atoms. The van der Waals surface area contributed by atoms with Crippen molar-refractivity contribution in [1.29, 1.82) is 0 Å². The van der Waals surface area contributed by atoms with Crippen LogP contribution in [0.3, 0.4) is 0 Å². The molecule has 3 heteroatoms. The maximum atomic E-state index is 11.8. The monoisotopic (exact) mass is 256 g/mol.